The van der Waals surface area contributed by atoms with E-state index < -0.39 is 0 Å². The minimum Gasteiger partial charge on any atom is -0.147 e. The van der Waals surface area contributed by atoms with Gasteiger partial charge in [-0.3, -0.25) is 0 Å². The number of hydrogen-bond acceptors (Lipinski definition) is 0. The molecule has 6 aromatic carbocycles. The molecule has 0 N–H and O–H groups in total. The third-order valence-electron chi connectivity index (χ3n) is 5.45. The van der Waals surface area contributed by atoms with Crippen LogP contribution in [0.1, 0.15) is 0 Å². The summed E-state index contributed by atoms with van der Waals surface area (Å²) >= 11 is 2.27. The van der Waals surface area contributed by atoms with Crippen molar-refractivity contribution in [2.45, 2.75) is 13.1 Å². The van der Waals surface area contributed by atoms with Crippen molar-refractivity contribution in [1.29, 1.82) is 0 Å². The minimum atomic E-state index is 0. The number of benzene rings is 4. The second-order valence-corrected chi connectivity index (χ2v) is 15.2. The largest absolute Gasteiger partial charge is 0.147 e. The molecule has 0 aliphatic heterocycles. The van der Waals surface area contributed by atoms with Crippen LogP contribution in [0.3, 0.4) is 0 Å². The first kappa shape index (κ1) is 29.8. The van der Waals surface area contributed by atoms with Gasteiger partial charge in [0.1, 0.15) is 0 Å². The Hall–Kier alpha value is -2.39. The zero-order valence-electron chi connectivity index (χ0n) is 20.5. The maximum Gasteiger partial charge on any atom is -0.0635 e. The molecule has 36 heavy (non-hydrogen) atoms. The summed E-state index contributed by atoms with van der Waals surface area (Å²) in [5.41, 5.74) is 5.18. The fourth-order valence-electron chi connectivity index (χ4n) is 3.90. The average molecular weight is 561 g/mol. The Balaban J connectivity index is 0.000000211. The van der Waals surface area contributed by atoms with Crippen molar-refractivity contribution >= 4 is 52.5 Å². The second-order valence-electron chi connectivity index (χ2n) is 8.48. The molecule has 0 aromatic heterocycles. The molecule has 4 heteroatoms. The van der Waals surface area contributed by atoms with Crippen LogP contribution < -0.4 is 0 Å². The van der Waals surface area contributed by atoms with Crippen LogP contribution in [0.5, 0.6) is 0 Å². The Bertz CT molecular complexity index is 1300. The Labute approximate surface area is 239 Å². The summed E-state index contributed by atoms with van der Waals surface area (Å²) in [6.07, 6.45) is 0.120. The Morgan fingerprint density at radius 1 is 0.500 bits per heavy atom. The molecule has 0 saturated heterocycles. The number of fused-ring (bicyclic) bond motifs is 2. The molecule has 0 saturated carbocycles. The fourth-order valence-corrected chi connectivity index (χ4v) is 3.90. The van der Waals surface area contributed by atoms with Gasteiger partial charge in [0.15, 0.2) is 0 Å². The number of hydrogen-bond donors (Lipinski definition) is 0. The number of halogens is 2. The molecular formula is C32H30Cl2SiTi. The van der Waals surface area contributed by atoms with Gasteiger partial charge in [-0.2, -0.15) is 0 Å². The van der Waals surface area contributed by atoms with Crippen LogP contribution in [-0.2, 0) is 19.2 Å². The predicted molar refractivity (Wildman–Crippen MR) is 162 cm³/mol. The van der Waals surface area contributed by atoms with Crippen LogP contribution in [0.2, 0.25) is 13.1 Å². The van der Waals surface area contributed by atoms with Crippen molar-refractivity contribution in [2.24, 2.45) is 0 Å². The molecule has 0 amide bonds. The van der Waals surface area contributed by atoms with Gasteiger partial charge in [-0.25, -0.2) is 0 Å². The van der Waals surface area contributed by atoms with Gasteiger partial charge in [0.2, 0.25) is 0 Å². The molecule has 0 unspecified atom stereocenters. The topological polar surface area (TPSA) is 0 Å². The maximum absolute atomic E-state index is 2.27. The van der Waals surface area contributed by atoms with Gasteiger partial charge in [0.25, 0.3) is 0 Å². The van der Waals surface area contributed by atoms with E-state index in [1.165, 1.54) is 43.8 Å². The van der Waals surface area contributed by atoms with E-state index in [1.807, 2.05) is 12.1 Å². The summed E-state index contributed by atoms with van der Waals surface area (Å²) in [5.74, 6) is 0. The predicted octanol–water partition coefficient (Wildman–Crippen LogP) is 10.1. The summed E-state index contributed by atoms with van der Waals surface area (Å²) in [6, 6.07) is 46.9. The quantitative estimate of drug-likeness (QED) is 0.146. The molecule has 180 valence electrons. The second kappa shape index (κ2) is 15.0. The zero-order chi connectivity index (χ0) is 23.8. The van der Waals surface area contributed by atoms with E-state index in [2.05, 4.69) is 154 Å². The van der Waals surface area contributed by atoms with Gasteiger partial charge in [0.05, 0.1) is 0 Å². The molecule has 0 nitrogen and oxygen atoms in total. The SMILES string of the molecule is C[Si](C)=[Ti+2].Cl.Cl.c1ccc(-c2cc3ccccc3[cH-]2)cc1.c1ccc(-c2cc3ccccc3[cH-]2)cc1. The van der Waals surface area contributed by atoms with Crippen molar-refractivity contribution in [3.8, 4) is 22.3 Å². The van der Waals surface area contributed by atoms with Gasteiger partial charge in [0, 0.05) is 0 Å². The third kappa shape index (κ3) is 8.34. The number of rotatable bonds is 2. The Morgan fingerprint density at radius 2 is 0.806 bits per heavy atom. The molecule has 6 aromatic rings. The van der Waals surface area contributed by atoms with E-state index in [0.717, 1.165) is 0 Å². The van der Waals surface area contributed by atoms with Crippen LogP contribution in [0.25, 0.3) is 43.8 Å². The Kier molecular flexibility index (Phi) is 12.4. The molecule has 0 radical (unpaired) electrons. The fraction of sp³-hybridized carbons (Fsp3) is 0.0625. The first-order valence-electron chi connectivity index (χ1n) is 11.5. The van der Waals surface area contributed by atoms with Crippen LogP contribution in [0.15, 0.2) is 133 Å². The van der Waals surface area contributed by atoms with E-state index in [4.69, 9.17) is 0 Å². The van der Waals surface area contributed by atoms with Crippen molar-refractivity contribution in [1.82, 2.24) is 0 Å². The molecule has 0 atom stereocenters. The monoisotopic (exact) mass is 560 g/mol. The molecule has 0 aliphatic carbocycles. The molecule has 0 spiro atoms. The van der Waals surface area contributed by atoms with E-state index in [1.54, 1.807) is 0 Å². The van der Waals surface area contributed by atoms with E-state index in [-0.39, 0.29) is 31.0 Å². The van der Waals surface area contributed by atoms with Crippen LogP contribution in [-0.4, -0.2) is 6.19 Å². The molecule has 0 fully saturated rings. The van der Waals surface area contributed by atoms with Gasteiger partial charge < -0.3 is 0 Å². The first-order chi connectivity index (χ1) is 16.6. The minimum absolute atomic E-state index is 0. The van der Waals surface area contributed by atoms with Crippen molar-refractivity contribution in [3.63, 3.8) is 0 Å². The Morgan fingerprint density at radius 3 is 1.14 bits per heavy atom. The smallest absolute Gasteiger partial charge is 0.0635 e. The molecule has 0 heterocycles. The van der Waals surface area contributed by atoms with E-state index in [0.29, 0.717) is 0 Å². The zero-order valence-corrected chi connectivity index (χ0v) is 24.7. The van der Waals surface area contributed by atoms with Gasteiger partial charge in [-0.1, -0.05) is 108 Å². The van der Waals surface area contributed by atoms with Crippen LogP contribution in [0, 0.1) is 0 Å². The van der Waals surface area contributed by atoms with Gasteiger partial charge in [-0.15, -0.1) is 93.9 Å². The average Bonchev–Trinajstić information content (AvgIpc) is 3.50. The maximum atomic E-state index is 2.27. The van der Waals surface area contributed by atoms with Crippen LogP contribution in [0.4, 0.5) is 0 Å². The molecular weight excluding hydrogens is 531 g/mol. The summed E-state index contributed by atoms with van der Waals surface area (Å²) in [4.78, 5) is 0. The van der Waals surface area contributed by atoms with Gasteiger partial charge >= 0.3 is 38.5 Å². The van der Waals surface area contributed by atoms with E-state index >= 15 is 0 Å². The molecule has 0 aliphatic rings. The molecule has 0 bridgehead atoms. The van der Waals surface area contributed by atoms with E-state index in [9.17, 15) is 0 Å². The van der Waals surface area contributed by atoms with Crippen molar-refractivity contribution in [3.05, 3.63) is 133 Å². The van der Waals surface area contributed by atoms with Crippen LogP contribution >= 0.6 is 24.8 Å². The van der Waals surface area contributed by atoms with Crippen molar-refractivity contribution in [2.75, 3.05) is 0 Å². The molecule has 6 rings (SSSR count). The summed E-state index contributed by atoms with van der Waals surface area (Å²) < 4.78 is 0. The third-order valence-corrected chi connectivity index (χ3v) is 5.45. The summed E-state index contributed by atoms with van der Waals surface area (Å²) in [7, 11) is 0. The first-order valence-corrected chi connectivity index (χ1v) is 16.4. The normalized spacial score (nSPS) is 9.67. The standard InChI is InChI=1S/2C15H11.C2H6Si.2ClH.Ti/c2*1-2-6-12(7-3-1)15-10-13-8-4-5-9-14(13)11-15;1-3-2;;;/h2*1-11H;1-2H3;2*1H;/q2*-1;;;;+2. The summed E-state index contributed by atoms with van der Waals surface area (Å²) in [6.45, 7) is 4.54. The van der Waals surface area contributed by atoms with Gasteiger partial charge in [-0.05, 0) is 0 Å². The van der Waals surface area contributed by atoms with Crippen molar-refractivity contribution < 1.29 is 19.2 Å². The summed E-state index contributed by atoms with van der Waals surface area (Å²) in [5, 5.41) is 5.26.